The molecule has 0 fully saturated rings. The molecule has 0 aliphatic rings. The molecule has 0 amide bonds. The monoisotopic (exact) mass is 430 g/mol. The second-order valence-electron chi connectivity index (χ2n) is 7.72. The molecular formula is C23H46O5Si. The van der Waals surface area contributed by atoms with E-state index in [2.05, 4.69) is 13.5 Å². The summed E-state index contributed by atoms with van der Waals surface area (Å²) in [6.07, 6.45) is 21.1. The van der Waals surface area contributed by atoms with E-state index in [1.807, 2.05) is 0 Å². The molecule has 0 unspecified atom stereocenters. The zero-order chi connectivity index (χ0) is 21.6. The zero-order valence-electron chi connectivity index (χ0n) is 19.3. The SMILES string of the molecule is C=CC(=O)OCO[Si](CCCCCCCCCCCCCCCCC)(OC)OC. The maximum atomic E-state index is 11.1. The molecule has 0 aromatic carbocycles. The number of carbonyl (C=O) groups excluding carboxylic acids is 1. The Labute approximate surface area is 180 Å². The highest BCUT2D eigenvalue weighted by molar-refractivity contribution is 6.60. The molecular weight excluding hydrogens is 384 g/mol. The number of carbonyl (C=O) groups is 1. The van der Waals surface area contributed by atoms with E-state index in [-0.39, 0.29) is 6.79 Å². The number of rotatable bonds is 22. The molecule has 0 aromatic heterocycles. The van der Waals surface area contributed by atoms with Gasteiger partial charge in [-0.3, -0.25) is 0 Å². The minimum atomic E-state index is -2.74. The first-order valence-corrected chi connectivity index (χ1v) is 13.6. The number of ether oxygens (including phenoxy) is 1. The molecule has 0 rings (SSSR count). The van der Waals surface area contributed by atoms with Gasteiger partial charge in [0.25, 0.3) is 0 Å². The Bertz CT molecular complexity index is 385. The summed E-state index contributed by atoms with van der Waals surface area (Å²) < 4.78 is 21.5. The standard InChI is InChI=1S/C23H46O5Si/c1-5-7-8-9-10-11-12-13-14-15-16-17-18-19-20-21-29(25-3,26-4)28-22-27-23(24)6-2/h6H,2,5,7-22H2,1,3-4H3. The maximum absolute atomic E-state index is 11.1. The molecule has 5 nitrogen and oxygen atoms in total. The number of unbranched alkanes of at least 4 members (excludes halogenated alkanes) is 14. The van der Waals surface area contributed by atoms with Gasteiger partial charge >= 0.3 is 14.8 Å². The molecule has 0 saturated heterocycles. The van der Waals surface area contributed by atoms with Crippen LogP contribution in [0.5, 0.6) is 0 Å². The summed E-state index contributed by atoms with van der Waals surface area (Å²) in [7, 11) is 0.447. The molecule has 0 aliphatic heterocycles. The summed E-state index contributed by atoms with van der Waals surface area (Å²) in [5, 5.41) is 0. The van der Waals surface area contributed by atoms with Gasteiger partial charge in [0.05, 0.1) is 0 Å². The van der Waals surface area contributed by atoms with Crippen LogP contribution in [0.15, 0.2) is 12.7 Å². The Balaban J connectivity index is 3.56. The average Bonchev–Trinajstić information content (AvgIpc) is 2.75. The van der Waals surface area contributed by atoms with Crippen LogP contribution in [-0.4, -0.2) is 35.8 Å². The van der Waals surface area contributed by atoms with Gasteiger partial charge in [0.15, 0.2) is 6.79 Å². The van der Waals surface area contributed by atoms with E-state index in [4.69, 9.17) is 18.0 Å². The van der Waals surface area contributed by atoms with Crippen LogP contribution in [0.4, 0.5) is 0 Å². The summed E-state index contributed by atoms with van der Waals surface area (Å²) in [4.78, 5) is 11.1. The van der Waals surface area contributed by atoms with Crippen molar-refractivity contribution < 1.29 is 22.8 Å². The number of hydrogen-bond donors (Lipinski definition) is 0. The highest BCUT2D eigenvalue weighted by Gasteiger charge is 2.38. The second-order valence-corrected chi connectivity index (χ2v) is 10.7. The van der Waals surface area contributed by atoms with E-state index >= 15 is 0 Å². The largest absolute Gasteiger partial charge is 0.502 e. The van der Waals surface area contributed by atoms with Crippen LogP contribution < -0.4 is 0 Å². The summed E-state index contributed by atoms with van der Waals surface area (Å²) in [6, 6.07) is 0.740. The van der Waals surface area contributed by atoms with Crippen molar-refractivity contribution in [2.24, 2.45) is 0 Å². The fraction of sp³-hybridized carbons (Fsp3) is 0.870. The molecule has 0 spiro atoms. The first-order valence-electron chi connectivity index (χ1n) is 11.7. The van der Waals surface area contributed by atoms with Crippen molar-refractivity contribution in [2.45, 2.75) is 109 Å². The van der Waals surface area contributed by atoms with Gasteiger partial charge < -0.3 is 18.0 Å². The van der Waals surface area contributed by atoms with Crippen LogP contribution in [-0.2, 0) is 22.8 Å². The normalized spacial score (nSPS) is 11.6. The lowest BCUT2D eigenvalue weighted by Crippen LogP contribution is -2.44. The molecule has 0 bridgehead atoms. The van der Waals surface area contributed by atoms with Gasteiger partial charge in [0.2, 0.25) is 0 Å². The van der Waals surface area contributed by atoms with E-state index in [9.17, 15) is 4.79 Å². The summed E-state index contributed by atoms with van der Waals surface area (Å²) in [6.45, 7) is 5.47. The predicted octanol–water partition coefficient (Wildman–Crippen LogP) is 6.79. The van der Waals surface area contributed by atoms with Gasteiger partial charge in [-0.1, -0.05) is 103 Å². The summed E-state index contributed by atoms with van der Waals surface area (Å²) in [5.74, 6) is -0.507. The first kappa shape index (κ1) is 28.3. The van der Waals surface area contributed by atoms with Crippen LogP contribution >= 0.6 is 0 Å². The lowest BCUT2D eigenvalue weighted by molar-refractivity contribution is -0.146. The fourth-order valence-corrected chi connectivity index (χ4v) is 5.30. The van der Waals surface area contributed by atoms with Gasteiger partial charge in [0, 0.05) is 26.3 Å². The molecule has 0 saturated carbocycles. The van der Waals surface area contributed by atoms with Crippen LogP contribution in [0.25, 0.3) is 0 Å². The lowest BCUT2D eigenvalue weighted by Gasteiger charge is -2.25. The van der Waals surface area contributed by atoms with Crippen LogP contribution in [0.3, 0.4) is 0 Å². The molecule has 6 heteroatoms. The van der Waals surface area contributed by atoms with Crippen molar-refractivity contribution in [3.05, 3.63) is 12.7 Å². The van der Waals surface area contributed by atoms with Gasteiger partial charge in [-0.25, -0.2) is 4.79 Å². The minimum Gasteiger partial charge on any atom is -0.436 e. The van der Waals surface area contributed by atoms with Gasteiger partial charge in [0.1, 0.15) is 0 Å². The van der Waals surface area contributed by atoms with Crippen LogP contribution in [0, 0.1) is 0 Å². The van der Waals surface area contributed by atoms with Crippen molar-refractivity contribution in [1.82, 2.24) is 0 Å². The van der Waals surface area contributed by atoms with E-state index in [0.717, 1.165) is 25.0 Å². The summed E-state index contributed by atoms with van der Waals surface area (Å²) in [5.41, 5.74) is 0. The first-order chi connectivity index (χ1) is 14.1. The van der Waals surface area contributed by atoms with E-state index in [0.29, 0.717) is 0 Å². The fourth-order valence-electron chi connectivity index (χ4n) is 3.43. The lowest BCUT2D eigenvalue weighted by atomic mass is 10.0. The smallest absolute Gasteiger partial charge is 0.436 e. The van der Waals surface area contributed by atoms with Crippen molar-refractivity contribution in [1.29, 1.82) is 0 Å². The van der Waals surface area contributed by atoms with Crippen molar-refractivity contribution in [3.8, 4) is 0 Å². The topological polar surface area (TPSA) is 54.0 Å². The van der Waals surface area contributed by atoms with Crippen LogP contribution in [0.2, 0.25) is 6.04 Å². The quantitative estimate of drug-likeness (QED) is 0.0622. The molecule has 0 aromatic rings. The third kappa shape index (κ3) is 16.8. The van der Waals surface area contributed by atoms with Gasteiger partial charge in [-0.15, -0.1) is 0 Å². The van der Waals surface area contributed by atoms with Crippen molar-refractivity contribution in [2.75, 3.05) is 21.0 Å². The minimum absolute atomic E-state index is 0.155. The second kappa shape index (κ2) is 20.6. The zero-order valence-corrected chi connectivity index (χ0v) is 20.3. The van der Waals surface area contributed by atoms with Crippen molar-refractivity contribution >= 4 is 14.8 Å². The van der Waals surface area contributed by atoms with E-state index in [1.165, 1.54) is 83.5 Å². The summed E-state index contributed by atoms with van der Waals surface area (Å²) >= 11 is 0. The Kier molecular flexibility index (Phi) is 20.1. The average molecular weight is 431 g/mol. The maximum Gasteiger partial charge on any atom is 0.502 e. The van der Waals surface area contributed by atoms with Gasteiger partial charge in [-0.2, -0.15) is 0 Å². The van der Waals surface area contributed by atoms with Crippen molar-refractivity contribution in [3.63, 3.8) is 0 Å². The molecule has 0 heterocycles. The molecule has 172 valence electrons. The molecule has 0 atom stereocenters. The Morgan fingerprint density at radius 3 is 1.55 bits per heavy atom. The van der Waals surface area contributed by atoms with Crippen LogP contribution in [0.1, 0.15) is 103 Å². The Morgan fingerprint density at radius 2 is 1.17 bits per heavy atom. The third-order valence-corrected chi connectivity index (χ3v) is 8.12. The molecule has 0 radical (unpaired) electrons. The number of hydrogen-bond acceptors (Lipinski definition) is 5. The third-order valence-electron chi connectivity index (χ3n) is 5.36. The van der Waals surface area contributed by atoms with Gasteiger partial charge in [-0.05, 0) is 6.42 Å². The number of esters is 1. The highest BCUT2D eigenvalue weighted by atomic mass is 28.4. The Hall–Kier alpha value is -0.693. The van der Waals surface area contributed by atoms with E-state index < -0.39 is 14.8 Å². The molecule has 0 N–H and O–H groups in total. The van der Waals surface area contributed by atoms with E-state index in [1.54, 1.807) is 14.2 Å². The molecule has 29 heavy (non-hydrogen) atoms. The molecule has 0 aliphatic carbocycles. The highest BCUT2D eigenvalue weighted by Crippen LogP contribution is 2.20. The predicted molar refractivity (Wildman–Crippen MR) is 122 cm³/mol. The Morgan fingerprint density at radius 1 is 0.759 bits per heavy atom.